The van der Waals surface area contributed by atoms with Gasteiger partial charge in [-0.25, -0.2) is 4.98 Å². The maximum atomic E-state index is 4.40. The third kappa shape index (κ3) is 2.88. The minimum absolute atomic E-state index is 0.664. The number of nitrogens with one attached hydrogen (secondary N) is 1. The Kier molecular flexibility index (Phi) is 4.19. The predicted molar refractivity (Wildman–Crippen MR) is 71.6 cm³/mol. The first-order chi connectivity index (χ1) is 8.35. The van der Waals surface area contributed by atoms with Crippen LogP contribution in [0.5, 0.6) is 0 Å². The molecule has 2 heterocycles. The molecule has 2 aromatic heterocycles. The van der Waals surface area contributed by atoms with E-state index in [0.29, 0.717) is 5.78 Å². The predicted octanol–water partition coefficient (Wildman–Crippen LogP) is 1.85. The maximum Gasteiger partial charge on any atom is 0.254 e. The molecule has 0 amide bonds. The molecule has 0 saturated heterocycles. The molecule has 0 fully saturated rings. The van der Waals surface area contributed by atoms with Crippen LogP contribution in [0.2, 0.25) is 0 Å². The number of aryl methyl sites for hydroxylation is 1. The van der Waals surface area contributed by atoms with E-state index in [2.05, 4.69) is 33.6 Å². The molecule has 92 valence electrons. The second kappa shape index (κ2) is 5.86. The number of rotatable bonds is 6. The summed E-state index contributed by atoms with van der Waals surface area (Å²) in [5.41, 5.74) is 1.04. The van der Waals surface area contributed by atoms with E-state index in [1.54, 1.807) is 4.52 Å². The third-order valence-corrected chi connectivity index (χ3v) is 3.20. The molecule has 0 saturated carbocycles. The normalized spacial score (nSPS) is 10.9. The summed E-state index contributed by atoms with van der Waals surface area (Å²) in [4.78, 5) is 8.53. The van der Waals surface area contributed by atoms with Crippen LogP contribution in [0.1, 0.15) is 19.0 Å². The zero-order chi connectivity index (χ0) is 12.1. The van der Waals surface area contributed by atoms with Crippen molar-refractivity contribution in [1.82, 2.24) is 19.6 Å². The van der Waals surface area contributed by atoms with Crippen LogP contribution in [0.3, 0.4) is 0 Å². The SMILES string of the molecule is CCc1cc(NCCCSC)n2ncnc2n1. The summed E-state index contributed by atoms with van der Waals surface area (Å²) in [7, 11) is 0. The van der Waals surface area contributed by atoms with Gasteiger partial charge in [0, 0.05) is 18.3 Å². The number of hydrogen-bond acceptors (Lipinski definition) is 5. The van der Waals surface area contributed by atoms with Crippen molar-refractivity contribution >= 4 is 23.4 Å². The highest BCUT2D eigenvalue weighted by Crippen LogP contribution is 2.11. The molecule has 0 atom stereocenters. The van der Waals surface area contributed by atoms with Crippen molar-refractivity contribution in [2.24, 2.45) is 0 Å². The number of aromatic nitrogens is 4. The van der Waals surface area contributed by atoms with Crippen LogP contribution in [0, 0.1) is 0 Å². The van der Waals surface area contributed by atoms with Crippen LogP contribution >= 0.6 is 11.8 Å². The second-order valence-corrected chi connectivity index (χ2v) is 4.72. The topological polar surface area (TPSA) is 55.1 Å². The number of hydrogen-bond donors (Lipinski definition) is 1. The third-order valence-electron chi connectivity index (χ3n) is 2.50. The molecule has 0 aliphatic rings. The molecule has 1 N–H and O–H groups in total. The van der Waals surface area contributed by atoms with Gasteiger partial charge in [-0.2, -0.15) is 26.4 Å². The van der Waals surface area contributed by atoms with Crippen LogP contribution in [0.15, 0.2) is 12.4 Å². The zero-order valence-electron chi connectivity index (χ0n) is 10.2. The number of anilines is 1. The van der Waals surface area contributed by atoms with Crippen molar-refractivity contribution < 1.29 is 0 Å². The van der Waals surface area contributed by atoms with E-state index >= 15 is 0 Å². The summed E-state index contributed by atoms with van der Waals surface area (Å²) in [5.74, 6) is 2.81. The molecular weight excluding hydrogens is 234 g/mol. The van der Waals surface area contributed by atoms with Gasteiger partial charge in [0.1, 0.15) is 12.1 Å². The van der Waals surface area contributed by atoms with E-state index in [1.807, 2.05) is 17.8 Å². The Morgan fingerprint density at radius 1 is 1.47 bits per heavy atom. The van der Waals surface area contributed by atoms with E-state index in [4.69, 9.17) is 0 Å². The zero-order valence-corrected chi connectivity index (χ0v) is 11.0. The van der Waals surface area contributed by atoms with Crippen molar-refractivity contribution in [1.29, 1.82) is 0 Å². The standard InChI is InChI=1S/C11H17N5S/c1-3-9-7-10(12-5-4-6-17-2)16-11(15-9)13-8-14-16/h7-8,12H,3-6H2,1-2H3. The number of nitrogens with zero attached hydrogens (tertiary/aromatic N) is 4. The fourth-order valence-corrected chi connectivity index (χ4v) is 2.03. The molecule has 0 unspecified atom stereocenters. The maximum absolute atomic E-state index is 4.40. The van der Waals surface area contributed by atoms with E-state index in [0.717, 1.165) is 30.9 Å². The first-order valence-corrected chi connectivity index (χ1v) is 7.17. The van der Waals surface area contributed by atoms with Gasteiger partial charge in [0.25, 0.3) is 5.78 Å². The van der Waals surface area contributed by atoms with Crippen LogP contribution in [-0.4, -0.2) is 38.1 Å². The molecule has 0 aliphatic heterocycles. The highest BCUT2D eigenvalue weighted by Gasteiger charge is 2.05. The minimum Gasteiger partial charge on any atom is -0.370 e. The fraction of sp³-hybridized carbons (Fsp3) is 0.545. The molecule has 0 bridgehead atoms. The Morgan fingerprint density at radius 3 is 3.12 bits per heavy atom. The van der Waals surface area contributed by atoms with Gasteiger partial charge in [0.2, 0.25) is 0 Å². The fourth-order valence-electron chi connectivity index (χ4n) is 1.60. The summed E-state index contributed by atoms with van der Waals surface area (Å²) in [5, 5.41) is 7.56. The van der Waals surface area contributed by atoms with Crippen molar-refractivity contribution in [3.63, 3.8) is 0 Å². The number of thioether (sulfide) groups is 1. The average molecular weight is 251 g/mol. The van der Waals surface area contributed by atoms with Crippen molar-refractivity contribution in [3.8, 4) is 0 Å². The molecule has 0 aliphatic carbocycles. The number of fused-ring (bicyclic) bond motifs is 1. The van der Waals surface area contributed by atoms with Crippen LogP contribution < -0.4 is 5.32 Å². The lowest BCUT2D eigenvalue weighted by atomic mass is 10.3. The largest absolute Gasteiger partial charge is 0.370 e. The van der Waals surface area contributed by atoms with Crippen LogP contribution in [0.25, 0.3) is 5.78 Å². The first-order valence-electron chi connectivity index (χ1n) is 5.77. The molecule has 2 aromatic rings. The Hall–Kier alpha value is -1.30. The summed E-state index contributed by atoms with van der Waals surface area (Å²) in [6.45, 7) is 3.04. The molecule has 0 aromatic carbocycles. The van der Waals surface area contributed by atoms with Gasteiger partial charge in [-0.05, 0) is 24.9 Å². The van der Waals surface area contributed by atoms with Gasteiger partial charge in [-0.1, -0.05) is 6.92 Å². The van der Waals surface area contributed by atoms with Gasteiger partial charge in [-0.3, -0.25) is 0 Å². The first kappa shape index (κ1) is 12.2. The summed E-state index contributed by atoms with van der Waals surface area (Å²) >= 11 is 1.86. The van der Waals surface area contributed by atoms with Gasteiger partial charge >= 0.3 is 0 Å². The highest BCUT2D eigenvalue weighted by atomic mass is 32.2. The van der Waals surface area contributed by atoms with Crippen LogP contribution in [-0.2, 0) is 6.42 Å². The Morgan fingerprint density at radius 2 is 2.35 bits per heavy atom. The molecule has 0 spiro atoms. The average Bonchev–Trinajstić information content (AvgIpc) is 2.82. The lowest BCUT2D eigenvalue weighted by molar-refractivity contribution is 0.888. The van der Waals surface area contributed by atoms with Crippen LogP contribution in [0.4, 0.5) is 5.82 Å². The smallest absolute Gasteiger partial charge is 0.254 e. The van der Waals surface area contributed by atoms with E-state index in [-0.39, 0.29) is 0 Å². The molecular formula is C11H17N5S. The van der Waals surface area contributed by atoms with Gasteiger partial charge in [0.05, 0.1) is 0 Å². The Labute approximate surface area is 105 Å². The Balaban J connectivity index is 2.16. The van der Waals surface area contributed by atoms with E-state index < -0.39 is 0 Å². The summed E-state index contributed by atoms with van der Waals surface area (Å²) in [6.07, 6.45) is 5.70. The lowest BCUT2D eigenvalue weighted by Crippen LogP contribution is -2.09. The summed E-state index contributed by atoms with van der Waals surface area (Å²) < 4.78 is 1.75. The molecule has 6 heteroatoms. The van der Waals surface area contributed by atoms with E-state index in [1.165, 1.54) is 12.1 Å². The van der Waals surface area contributed by atoms with Crippen molar-refractivity contribution in [2.45, 2.75) is 19.8 Å². The van der Waals surface area contributed by atoms with Crippen molar-refractivity contribution in [3.05, 3.63) is 18.1 Å². The molecule has 0 radical (unpaired) electrons. The van der Waals surface area contributed by atoms with Gasteiger partial charge in [-0.15, -0.1) is 0 Å². The lowest BCUT2D eigenvalue weighted by Gasteiger charge is -2.08. The van der Waals surface area contributed by atoms with Gasteiger partial charge in [0.15, 0.2) is 0 Å². The Bertz CT molecular complexity index is 482. The molecule has 5 nitrogen and oxygen atoms in total. The molecule has 17 heavy (non-hydrogen) atoms. The highest BCUT2D eigenvalue weighted by molar-refractivity contribution is 7.98. The minimum atomic E-state index is 0.664. The van der Waals surface area contributed by atoms with E-state index in [9.17, 15) is 0 Å². The quantitative estimate of drug-likeness (QED) is 0.794. The summed E-state index contributed by atoms with van der Waals surface area (Å²) in [6, 6.07) is 2.04. The molecule has 2 rings (SSSR count). The van der Waals surface area contributed by atoms with Gasteiger partial charge < -0.3 is 5.32 Å². The van der Waals surface area contributed by atoms with Crippen molar-refractivity contribution in [2.75, 3.05) is 23.9 Å². The second-order valence-electron chi connectivity index (χ2n) is 3.73. The monoisotopic (exact) mass is 251 g/mol.